The van der Waals surface area contributed by atoms with Gasteiger partial charge in [-0.1, -0.05) is 133 Å². The zero-order valence-corrected chi connectivity index (χ0v) is 30.0. The average molecular weight is 734 g/mol. The van der Waals surface area contributed by atoms with Crippen LogP contribution in [0.25, 0.3) is 10.2 Å². The Morgan fingerprint density at radius 3 is 1.63 bits per heavy atom. The number of hydrogen-bond donors (Lipinski definition) is 0. The molecule has 0 N–H and O–H groups in total. The molecule has 2 heterocycles. The molecule has 1 aliphatic heterocycles. The van der Waals surface area contributed by atoms with Crippen LogP contribution in [0.4, 0.5) is 0 Å². The van der Waals surface area contributed by atoms with Crippen LogP contribution in [0.1, 0.15) is 22.3 Å². The van der Waals surface area contributed by atoms with Gasteiger partial charge in [-0.15, -0.1) is 11.3 Å². The molecule has 6 aromatic rings. The lowest BCUT2D eigenvalue weighted by atomic mass is 9.97. The van der Waals surface area contributed by atoms with E-state index in [1.165, 1.54) is 0 Å². The van der Waals surface area contributed by atoms with E-state index in [1.54, 1.807) is 6.07 Å². The highest BCUT2D eigenvalue weighted by Gasteiger charge is 2.47. The summed E-state index contributed by atoms with van der Waals surface area (Å²) in [6.07, 6.45) is -3.20. The first-order valence-electron chi connectivity index (χ1n) is 17.1. The third-order valence-electron chi connectivity index (χ3n) is 8.58. The van der Waals surface area contributed by atoms with Crippen LogP contribution < -0.4 is 0 Å². The highest BCUT2D eigenvalue weighted by Crippen LogP contribution is 2.35. The molecule has 0 amide bonds. The van der Waals surface area contributed by atoms with Crippen molar-refractivity contribution in [3.8, 4) is 0 Å². The first-order chi connectivity index (χ1) is 25.5. The molecule has 10 heteroatoms. The van der Waals surface area contributed by atoms with Crippen molar-refractivity contribution >= 4 is 31.4 Å². The fourth-order valence-corrected chi connectivity index (χ4v) is 8.37. The first-order valence-corrected chi connectivity index (χ1v) is 19.5. The second-order valence-corrected chi connectivity index (χ2v) is 15.4. The van der Waals surface area contributed by atoms with E-state index in [4.69, 9.17) is 23.7 Å². The lowest BCUT2D eigenvalue weighted by Gasteiger charge is -2.43. The van der Waals surface area contributed by atoms with Crippen molar-refractivity contribution in [3.63, 3.8) is 0 Å². The highest BCUT2D eigenvalue weighted by molar-refractivity contribution is 7.96. The number of sulfone groups is 1. The fraction of sp³-hybridized carbons (Fsp3) is 0.214. The molecule has 0 unspecified atom stereocenters. The summed E-state index contributed by atoms with van der Waals surface area (Å²) in [5.74, 6) is 0.0983. The van der Waals surface area contributed by atoms with Gasteiger partial charge in [0.15, 0.2) is 6.10 Å². The third kappa shape index (κ3) is 9.21. The van der Waals surface area contributed by atoms with Gasteiger partial charge in [0.25, 0.3) is 0 Å². The number of para-hydroxylation sites is 1. The number of ether oxygens (including phenoxy) is 5. The van der Waals surface area contributed by atoms with E-state index in [1.807, 2.05) is 140 Å². The average Bonchev–Trinajstić information content (AvgIpc) is 3.64. The maximum absolute atomic E-state index is 14.1. The number of hydrogen-bond acceptors (Lipinski definition) is 9. The summed E-state index contributed by atoms with van der Waals surface area (Å²) in [6, 6.07) is 46.5. The van der Waals surface area contributed by atoms with Crippen LogP contribution >= 0.6 is 11.3 Å². The summed E-state index contributed by atoms with van der Waals surface area (Å²) in [5.41, 5.74) is 4.43. The molecule has 8 nitrogen and oxygen atoms in total. The predicted octanol–water partition coefficient (Wildman–Crippen LogP) is 8.28. The molecule has 1 saturated heterocycles. The fourth-order valence-electron chi connectivity index (χ4n) is 5.98. The standard InChI is InChI=1S/C42H39NO7S2/c44-52(45,42-43-35-23-13-14-24-38(35)51-42)30-37-40(48-27-33-19-9-3-10-20-33)41(49-28-34-21-11-4-12-22-34)39(47-26-32-17-7-2-8-18-32)36(50-37)29-46-25-31-15-5-1-6-16-31/h1-24,30,36,39-41H,25-29H2/b37-30-/t36-,39-,40+,41+/m1/s1. The van der Waals surface area contributed by atoms with Gasteiger partial charge in [-0.25, -0.2) is 13.4 Å². The molecule has 5 aromatic carbocycles. The minimum absolute atomic E-state index is 0.0345. The zero-order chi connectivity index (χ0) is 35.6. The monoisotopic (exact) mass is 733 g/mol. The third-order valence-corrected chi connectivity index (χ3v) is 11.5. The molecule has 0 radical (unpaired) electrons. The van der Waals surface area contributed by atoms with E-state index in [0.717, 1.165) is 43.7 Å². The number of benzene rings is 5. The number of rotatable bonds is 15. The van der Waals surface area contributed by atoms with Crippen molar-refractivity contribution in [1.29, 1.82) is 0 Å². The van der Waals surface area contributed by atoms with Crippen molar-refractivity contribution in [1.82, 2.24) is 4.98 Å². The Hall–Kier alpha value is -4.68. The van der Waals surface area contributed by atoms with Crippen LogP contribution in [0.2, 0.25) is 0 Å². The number of fused-ring (bicyclic) bond motifs is 1. The molecule has 52 heavy (non-hydrogen) atoms. The van der Waals surface area contributed by atoms with Gasteiger partial charge in [-0.2, -0.15) is 0 Å². The summed E-state index contributed by atoms with van der Waals surface area (Å²) in [4.78, 5) is 4.45. The minimum atomic E-state index is -4.08. The van der Waals surface area contributed by atoms with Gasteiger partial charge >= 0.3 is 0 Å². The predicted molar refractivity (Wildman–Crippen MR) is 201 cm³/mol. The molecule has 0 aliphatic carbocycles. The van der Waals surface area contributed by atoms with Crippen molar-refractivity contribution in [2.24, 2.45) is 0 Å². The highest BCUT2D eigenvalue weighted by atomic mass is 32.2. The van der Waals surface area contributed by atoms with Gasteiger partial charge in [-0.05, 0) is 34.4 Å². The largest absolute Gasteiger partial charge is 0.486 e. The van der Waals surface area contributed by atoms with Gasteiger partial charge in [0.2, 0.25) is 14.2 Å². The molecule has 0 spiro atoms. The summed E-state index contributed by atoms with van der Waals surface area (Å²) in [6.45, 7) is 1.11. The van der Waals surface area contributed by atoms with Gasteiger partial charge in [0.1, 0.15) is 24.1 Å². The lowest BCUT2D eigenvalue weighted by molar-refractivity contribution is -0.223. The summed E-state index contributed by atoms with van der Waals surface area (Å²) >= 11 is 1.11. The molecule has 266 valence electrons. The smallest absolute Gasteiger partial charge is 0.230 e. The van der Waals surface area contributed by atoms with Crippen LogP contribution in [-0.2, 0) is 59.9 Å². The summed E-state index contributed by atoms with van der Waals surface area (Å²) in [7, 11) is -4.08. The Balaban J connectivity index is 1.27. The van der Waals surface area contributed by atoms with Crippen molar-refractivity contribution in [2.45, 2.75) is 55.2 Å². The Morgan fingerprint density at radius 1 is 0.596 bits per heavy atom. The molecule has 1 aliphatic rings. The molecule has 1 aromatic heterocycles. The summed E-state index contributed by atoms with van der Waals surface area (Å²) in [5, 5.41) is 1.14. The van der Waals surface area contributed by atoms with E-state index in [0.29, 0.717) is 12.1 Å². The van der Waals surface area contributed by atoms with Crippen molar-refractivity contribution in [3.05, 3.63) is 179 Å². The van der Waals surface area contributed by atoms with Crippen molar-refractivity contribution < 1.29 is 32.1 Å². The second kappa shape index (κ2) is 17.2. The van der Waals surface area contributed by atoms with Gasteiger partial charge in [0, 0.05) is 0 Å². The summed E-state index contributed by atoms with van der Waals surface area (Å²) < 4.78 is 61.8. The van der Waals surface area contributed by atoms with Gasteiger partial charge in [0.05, 0.1) is 48.7 Å². The van der Waals surface area contributed by atoms with Crippen LogP contribution in [-0.4, -0.2) is 44.4 Å². The molecular weight excluding hydrogens is 695 g/mol. The first kappa shape index (κ1) is 35.7. The molecular formula is C42H39NO7S2. The van der Waals surface area contributed by atoms with Crippen LogP contribution in [0.15, 0.2) is 161 Å². The Kier molecular flexibility index (Phi) is 11.8. The van der Waals surface area contributed by atoms with Gasteiger partial charge < -0.3 is 23.7 Å². The Labute approximate surface area is 308 Å². The molecule has 0 bridgehead atoms. The topological polar surface area (TPSA) is 93.2 Å². The Morgan fingerprint density at radius 2 is 1.08 bits per heavy atom. The SMILES string of the molecule is O=S(=O)(/C=C1\O[C@H](COCc2ccccc2)[C@@H](OCc2ccccc2)[C@H](OCc2ccccc2)[C@H]1OCc1ccccc1)c1nc2ccccc2s1. The van der Waals surface area contributed by atoms with Crippen LogP contribution in [0.3, 0.4) is 0 Å². The minimum Gasteiger partial charge on any atom is -0.486 e. The van der Waals surface area contributed by atoms with Crippen LogP contribution in [0, 0.1) is 0 Å². The normalized spacial score (nSPS) is 19.8. The Bertz CT molecular complexity index is 2110. The maximum Gasteiger partial charge on any atom is 0.230 e. The quantitative estimate of drug-likeness (QED) is 0.104. The van der Waals surface area contributed by atoms with E-state index in [9.17, 15) is 8.42 Å². The van der Waals surface area contributed by atoms with Crippen LogP contribution in [0.5, 0.6) is 0 Å². The van der Waals surface area contributed by atoms with E-state index in [2.05, 4.69) is 4.98 Å². The van der Waals surface area contributed by atoms with Crippen molar-refractivity contribution in [2.75, 3.05) is 6.61 Å². The number of thiazole rings is 1. The molecule has 7 rings (SSSR count). The molecule has 4 atom stereocenters. The molecule has 0 saturated carbocycles. The maximum atomic E-state index is 14.1. The van der Waals surface area contributed by atoms with E-state index in [-0.39, 0.29) is 36.5 Å². The van der Waals surface area contributed by atoms with E-state index >= 15 is 0 Å². The second-order valence-electron chi connectivity index (χ2n) is 12.4. The molecule has 1 fully saturated rings. The van der Waals surface area contributed by atoms with E-state index < -0.39 is 34.3 Å². The van der Waals surface area contributed by atoms with Gasteiger partial charge in [-0.3, -0.25) is 0 Å². The number of aromatic nitrogens is 1. The zero-order valence-electron chi connectivity index (χ0n) is 28.4. The lowest BCUT2D eigenvalue weighted by Crippen LogP contribution is -2.56. The number of nitrogens with zero attached hydrogens (tertiary/aromatic N) is 1.